The Labute approximate surface area is 103 Å². The third-order valence-electron chi connectivity index (χ3n) is 1.49. The van der Waals surface area contributed by atoms with E-state index in [-0.39, 0.29) is 0 Å². The Hall–Kier alpha value is -1.23. The van der Waals surface area contributed by atoms with Crippen LogP contribution in [-0.4, -0.2) is 38.1 Å². The minimum Gasteiger partial charge on any atom is -0.496 e. The maximum Gasteiger partial charge on any atom is 0.407 e. The zero-order valence-corrected chi connectivity index (χ0v) is 11.2. The van der Waals surface area contributed by atoms with Crippen LogP contribution >= 0.6 is 0 Å². The molecule has 0 spiro atoms. The fraction of sp³-hybridized carbons (Fsp3) is 0.750. The first-order chi connectivity index (χ1) is 7.81. The topological polar surface area (TPSA) is 56.8 Å². The van der Waals surface area contributed by atoms with Gasteiger partial charge in [0.15, 0.2) is 0 Å². The smallest absolute Gasteiger partial charge is 0.407 e. The second-order valence-corrected chi connectivity index (χ2v) is 4.59. The molecule has 0 saturated carbocycles. The van der Waals surface area contributed by atoms with Crippen LogP contribution in [0.25, 0.3) is 0 Å². The van der Waals surface area contributed by atoms with Crippen LogP contribution in [0.15, 0.2) is 12.3 Å². The molecule has 0 aromatic rings. The van der Waals surface area contributed by atoms with Crippen molar-refractivity contribution in [1.29, 1.82) is 0 Å². The van der Waals surface area contributed by atoms with E-state index in [4.69, 9.17) is 14.2 Å². The molecule has 0 saturated heterocycles. The molecule has 0 rings (SSSR count). The zero-order valence-electron chi connectivity index (χ0n) is 11.2. The lowest BCUT2D eigenvalue weighted by Crippen LogP contribution is -2.34. The number of allylic oxidation sites excluding steroid dienone is 1. The van der Waals surface area contributed by atoms with Crippen molar-refractivity contribution in [1.82, 2.24) is 5.32 Å². The van der Waals surface area contributed by atoms with E-state index < -0.39 is 11.7 Å². The lowest BCUT2D eigenvalue weighted by Gasteiger charge is -2.19. The van der Waals surface area contributed by atoms with Crippen LogP contribution in [0.3, 0.4) is 0 Å². The van der Waals surface area contributed by atoms with Gasteiger partial charge >= 0.3 is 6.09 Å². The fourth-order valence-corrected chi connectivity index (χ4v) is 0.916. The summed E-state index contributed by atoms with van der Waals surface area (Å²) in [6.45, 7) is 12.6. The quantitative estimate of drug-likeness (QED) is 0.551. The van der Waals surface area contributed by atoms with Crippen LogP contribution in [0.1, 0.15) is 27.7 Å². The molecule has 0 atom stereocenters. The Morgan fingerprint density at radius 1 is 1.24 bits per heavy atom. The van der Waals surface area contributed by atoms with Crippen molar-refractivity contribution in [3.05, 3.63) is 12.3 Å². The molecule has 0 aliphatic rings. The zero-order chi connectivity index (χ0) is 13.3. The molecule has 0 aliphatic carbocycles. The average molecular weight is 245 g/mol. The highest BCUT2D eigenvalue weighted by atomic mass is 16.6. The van der Waals surface area contributed by atoms with Gasteiger partial charge in [0.2, 0.25) is 0 Å². The van der Waals surface area contributed by atoms with E-state index in [1.165, 1.54) is 0 Å². The molecule has 17 heavy (non-hydrogen) atoms. The third kappa shape index (κ3) is 12.7. The molecule has 0 radical (unpaired) electrons. The Kier molecular flexibility index (Phi) is 7.37. The van der Waals surface area contributed by atoms with Gasteiger partial charge in [-0.3, -0.25) is 0 Å². The number of rotatable bonds is 7. The summed E-state index contributed by atoms with van der Waals surface area (Å²) in [5, 5.41) is 2.59. The SMILES string of the molecule is C=C(C)OCCOCCNC(=O)OC(C)(C)C. The van der Waals surface area contributed by atoms with Gasteiger partial charge in [-0.15, -0.1) is 0 Å². The highest BCUT2D eigenvalue weighted by Crippen LogP contribution is 2.05. The van der Waals surface area contributed by atoms with Crippen molar-refractivity contribution in [3.63, 3.8) is 0 Å². The van der Waals surface area contributed by atoms with Gasteiger partial charge in [-0.1, -0.05) is 6.58 Å². The molecule has 1 N–H and O–H groups in total. The van der Waals surface area contributed by atoms with Crippen molar-refractivity contribution in [3.8, 4) is 0 Å². The molecule has 5 nitrogen and oxygen atoms in total. The number of carbonyl (C=O) groups excluding carboxylic acids is 1. The number of nitrogens with one attached hydrogen (secondary N) is 1. The normalized spacial score (nSPS) is 10.8. The monoisotopic (exact) mass is 245 g/mol. The third-order valence-corrected chi connectivity index (χ3v) is 1.49. The van der Waals surface area contributed by atoms with Crippen molar-refractivity contribution in [2.75, 3.05) is 26.4 Å². The van der Waals surface area contributed by atoms with E-state index in [9.17, 15) is 4.79 Å². The van der Waals surface area contributed by atoms with E-state index in [1.54, 1.807) is 6.92 Å². The first-order valence-electron chi connectivity index (χ1n) is 5.64. The number of alkyl carbamates (subject to hydrolysis) is 1. The molecule has 100 valence electrons. The largest absolute Gasteiger partial charge is 0.496 e. The van der Waals surface area contributed by atoms with E-state index in [1.807, 2.05) is 20.8 Å². The highest BCUT2D eigenvalue weighted by Gasteiger charge is 2.15. The minimum atomic E-state index is -0.472. The molecule has 5 heteroatoms. The van der Waals surface area contributed by atoms with E-state index in [2.05, 4.69) is 11.9 Å². The number of carbonyl (C=O) groups is 1. The first-order valence-corrected chi connectivity index (χ1v) is 5.64. The molecule has 0 fully saturated rings. The molecule has 0 aliphatic heterocycles. The lowest BCUT2D eigenvalue weighted by atomic mass is 10.2. The van der Waals surface area contributed by atoms with Gasteiger partial charge in [-0.25, -0.2) is 4.79 Å². The Bertz CT molecular complexity index is 245. The lowest BCUT2D eigenvalue weighted by molar-refractivity contribution is 0.0472. The molecular weight excluding hydrogens is 222 g/mol. The maximum absolute atomic E-state index is 11.2. The van der Waals surface area contributed by atoms with Crippen LogP contribution in [0.2, 0.25) is 0 Å². The molecule has 1 amide bonds. The van der Waals surface area contributed by atoms with Gasteiger partial charge < -0.3 is 19.5 Å². The van der Waals surface area contributed by atoms with E-state index in [0.717, 1.165) is 0 Å². The van der Waals surface area contributed by atoms with Gasteiger partial charge in [-0.2, -0.15) is 0 Å². The van der Waals surface area contributed by atoms with E-state index >= 15 is 0 Å². The Morgan fingerprint density at radius 2 is 1.88 bits per heavy atom. The summed E-state index contributed by atoms with van der Waals surface area (Å²) in [6, 6.07) is 0. The van der Waals surface area contributed by atoms with E-state index in [0.29, 0.717) is 32.1 Å². The van der Waals surface area contributed by atoms with Crippen LogP contribution in [-0.2, 0) is 14.2 Å². The summed E-state index contributed by atoms with van der Waals surface area (Å²) in [5.74, 6) is 0.667. The number of hydrogen-bond donors (Lipinski definition) is 1. The van der Waals surface area contributed by atoms with Crippen LogP contribution in [0, 0.1) is 0 Å². The van der Waals surface area contributed by atoms with Crippen molar-refractivity contribution in [2.24, 2.45) is 0 Å². The fourth-order valence-electron chi connectivity index (χ4n) is 0.916. The molecule has 0 bridgehead atoms. The molecule has 0 aromatic heterocycles. The Balaban J connectivity index is 3.34. The van der Waals surface area contributed by atoms with Crippen molar-refractivity contribution in [2.45, 2.75) is 33.3 Å². The molecule has 0 unspecified atom stereocenters. The summed E-state index contributed by atoms with van der Waals surface area (Å²) in [7, 11) is 0. The molecule has 0 aromatic carbocycles. The van der Waals surface area contributed by atoms with Gasteiger partial charge in [0.1, 0.15) is 12.2 Å². The first kappa shape index (κ1) is 15.8. The predicted molar refractivity (Wildman–Crippen MR) is 65.8 cm³/mol. The van der Waals surface area contributed by atoms with Gasteiger partial charge in [0.25, 0.3) is 0 Å². The van der Waals surface area contributed by atoms with Gasteiger partial charge in [0.05, 0.1) is 19.0 Å². The predicted octanol–water partition coefficient (Wildman–Crippen LogP) is 2.08. The summed E-state index contributed by atoms with van der Waals surface area (Å²) < 4.78 is 15.4. The molecule has 0 heterocycles. The van der Waals surface area contributed by atoms with Gasteiger partial charge in [-0.05, 0) is 27.7 Å². The standard InChI is InChI=1S/C12H23NO4/c1-10(2)16-9-8-15-7-6-13-11(14)17-12(3,4)5/h1,6-9H2,2-5H3,(H,13,14). The second-order valence-electron chi connectivity index (χ2n) is 4.59. The second kappa shape index (κ2) is 7.95. The maximum atomic E-state index is 11.2. The average Bonchev–Trinajstić information content (AvgIpc) is 2.12. The summed E-state index contributed by atoms with van der Waals surface area (Å²) in [5.41, 5.74) is -0.472. The summed E-state index contributed by atoms with van der Waals surface area (Å²) >= 11 is 0. The minimum absolute atomic E-state index is 0.419. The number of ether oxygens (including phenoxy) is 3. The van der Waals surface area contributed by atoms with Crippen molar-refractivity contribution < 1.29 is 19.0 Å². The van der Waals surface area contributed by atoms with Crippen molar-refractivity contribution >= 4 is 6.09 Å². The van der Waals surface area contributed by atoms with Crippen LogP contribution in [0.5, 0.6) is 0 Å². The number of amides is 1. The van der Waals surface area contributed by atoms with Crippen LogP contribution in [0.4, 0.5) is 4.79 Å². The highest BCUT2D eigenvalue weighted by molar-refractivity contribution is 5.67. The number of hydrogen-bond acceptors (Lipinski definition) is 4. The molecular formula is C12H23NO4. The van der Waals surface area contributed by atoms with Crippen LogP contribution < -0.4 is 5.32 Å². The summed E-state index contributed by atoms with van der Waals surface area (Å²) in [4.78, 5) is 11.2. The summed E-state index contributed by atoms with van der Waals surface area (Å²) in [6.07, 6.45) is -0.431. The Morgan fingerprint density at radius 3 is 2.41 bits per heavy atom. The van der Waals surface area contributed by atoms with Gasteiger partial charge in [0, 0.05) is 6.54 Å².